The van der Waals surface area contributed by atoms with Gasteiger partial charge in [-0.15, -0.1) is 0 Å². The van der Waals surface area contributed by atoms with Gasteiger partial charge < -0.3 is 20.3 Å². The van der Waals surface area contributed by atoms with Crippen molar-refractivity contribution < 1.29 is 19.4 Å². The lowest BCUT2D eigenvalue weighted by molar-refractivity contribution is -0.155. The SMILES string of the molecule is Cc1c(C)c2c(c(C)c1O)CC(OC(=O)[C@H](C)N)[C@H](C)O2. The maximum Gasteiger partial charge on any atom is 0.323 e. The fourth-order valence-corrected chi connectivity index (χ4v) is 2.60. The summed E-state index contributed by atoms with van der Waals surface area (Å²) in [6.45, 7) is 9.11. The quantitative estimate of drug-likeness (QED) is 0.814. The van der Waals surface area contributed by atoms with Crippen LogP contribution in [-0.4, -0.2) is 29.3 Å². The highest BCUT2D eigenvalue weighted by Crippen LogP contribution is 2.41. The number of esters is 1. The molecule has 5 nitrogen and oxygen atoms in total. The molecule has 0 fully saturated rings. The lowest BCUT2D eigenvalue weighted by atomic mass is 9.90. The van der Waals surface area contributed by atoms with Crippen LogP contribution in [0.15, 0.2) is 0 Å². The summed E-state index contributed by atoms with van der Waals surface area (Å²) in [5.41, 5.74) is 8.97. The van der Waals surface area contributed by atoms with E-state index >= 15 is 0 Å². The number of aromatic hydroxyl groups is 1. The molecule has 0 aromatic heterocycles. The Morgan fingerprint density at radius 3 is 2.52 bits per heavy atom. The van der Waals surface area contributed by atoms with E-state index in [4.69, 9.17) is 15.2 Å². The second kappa shape index (κ2) is 5.56. The first-order chi connectivity index (χ1) is 9.73. The number of phenolic OH excluding ortho intramolecular Hbond substituents is 1. The van der Waals surface area contributed by atoms with Gasteiger partial charge in [0, 0.05) is 12.0 Å². The van der Waals surface area contributed by atoms with Crippen molar-refractivity contribution in [2.45, 2.75) is 59.3 Å². The molecule has 1 aliphatic heterocycles. The molecular weight excluding hydrogens is 270 g/mol. The van der Waals surface area contributed by atoms with Crippen molar-refractivity contribution in [1.82, 2.24) is 0 Å². The zero-order valence-electron chi connectivity index (χ0n) is 13.2. The third-order valence-electron chi connectivity index (χ3n) is 4.21. The molecule has 2 rings (SSSR count). The number of fused-ring (bicyclic) bond motifs is 1. The fraction of sp³-hybridized carbons (Fsp3) is 0.562. The second-order valence-corrected chi connectivity index (χ2v) is 5.82. The first kappa shape index (κ1) is 15.6. The molecule has 1 aromatic rings. The van der Waals surface area contributed by atoms with Gasteiger partial charge >= 0.3 is 5.97 Å². The zero-order chi connectivity index (χ0) is 15.9. The van der Waals surface area contributed by atoms with Gasteiger partial charge in [-0.05, 0) is 51.3 Å². The maximum absolute atomic E-state index is 11.7. The van der Waals surface area contributed by atoms with Gasteiger partial charge in [0.1, 0.15) is 29.7 Å². The molecule has 3 atom stereocenters. The third kappa shape index (κ3) is 2.70. The zero-order valence-corrected chi connectivity index (χ0v) is 13.2. The van der Waals surface area contributed by atoms with E-state index < -0.39 is 18.1 Å². The Labute approximate surface area is 125 Å². The van der Waals surface area contributed by atoms with Gasteiger partial charge in [-0.25, -0.2) is 0 Å². The number of phenols is 1. The van der Waals surface area contributed by atoms with Crippen molar-refractivity contribution in [1.29, 1.82) is 0 Å². The number of hydrogen-bond acceptors (Lipinski definition) is 5. The monoisotopic (exact) mass is 293 g/mol. The predicted octanol–water partition coefficient (Wildman–Crippen LogP) is 1.90. The molecular formula is C16H23NO4. The topological polar surface area (TPSA) is 81.8 Å². The number of ether oxygens (including phenoxy) is 2. The molecule has 0 aliphatic carbocycles. The van der Waals surface area contributed by atoms with Crippen LogP contribution in [0.4, 0.5) is 0 Å². The Morgan fingerprint density at radius 1 is 1.33 bits per heavy atom. The molecule has 1 heterocycles. The summed E-state index contributed by atoms with van der Waals surface area (Å²) >= 11 is 0. The molecule has 116 valence electrons. The van der Waals surface area contributed by atoms with Crippen molar-refractivity contribution in [3.8, 4) is 11.5 Å². The Kier molecular flexibility index (Phi) is 4.14. The highest BCUT2D eigenvalue weighted by atomic mass is 16.6. The van der Waals surface area contributed by atoms with Gasteiger partial charge in [0.15, 0.2) is 0 Å². The van der Waals surface area contributed by atoms with Crippen LogP contribution in [0, 0.1) is 20.8 Å². The minimum absolute atomic E-state index is 0.248. The van der Waals surface area contributed by atoms with Crippen molar-refractivity contribution in [2.24, 2.45) is 5.73 Å². The van der Waals surface area contributed by atoms with Gasteiger partial charge in [-0.2, -0.15) is 0 Å². The standard InChI is InChI=1S/C16H23NO4/c1-7-8(2)15-12(9(3)14(7)18)6-13(11(5)20-15)21-16(19)10(4)17/h10-11,13,18H,6,17H2,1-5H3/t10-,11-,13?/m0/s1. The summed E-state index contributed by atoms with van der Waals surface area (Å²) in [5, 5.41) is 10.2. The van der Waals surface area contributed by atoms with E-state index in [9.17, 15) is 9.90 Å². The molecule has 1 unspecified atom stereocenters. The summed E-state index contributed by atoms with van der Waals surface area (Å²) in [5.74, 6) is 0.634. The minimum Gasteiger partial charge on any atom is -0.507 e. The Morgan fingerprint density at radius 2 is 1.95 bits per heavy atom. The number of nitrogens with two attached hydrogens (primary N) is 1. The Hall–Kier alpha value is -1.75. The van der Waals surface area contributed by atoms with E-state index in [0.717, 1.165) is 28.0 Å². The van der Waals surface area contributed by atoms with Crippen LogP contribution < -0.4 is 10.5 Å². The maximum atomic E-state index is 11.7. The summed E-state index contributed by atoms with van der Waals surface area (Å²) in [7, 11) is 0. The van der Waals surface area contributed by atoms with Crippen LogP contribution in [0.5, 0.6) is 11.5 Å². The van der Waals surface area contributed by atoms with E-state index in [1.807, 2.05) is 27.7 Å². The fourth-order valence-electron chi connectivity index (χ4n) is 2.60. The first-order valence-corrected chi connectivity index (χ1v) is 7.18. The highest BCUT2D eigenvalue weighted by molar-refractivity contribution is 5.75. The summed E-state index contributed by atoms with van der Waals surface area (Å²) < 4.78 is 11.4. The van der Waals surface area contributed by atoms with Crippen molar-refractivity contribution >= 4 is 5.97 Å². The van der Waals surface area contributed by atoms with Crippen molar-refractivity contribution in [3.63, 3.8) is 0 Å². The van der Waals surface area contributed by atoms with E-state index in [0.29, 0.717) is 6.42 Å². The van der Waals surface area contributed by atoms with Crippen LogP contribution >= 0.6 is 0 Å². The molecule has 1 aliphatic rings. The largest absolute Gasteiger partial charge is 0.507 e. The van der Waals surface area contributed by atoms with E-state index in [1.165, 1.54) is 0 Å². The smallest absolute Gasteiger partial charge is 0.323 e. The van der Waals surface area contributed by atoms with Crippen LogP contribution in [0.1, 0.15) is 36.1 Å². The third-order valence-corrected chi connectivity index (χ3v) is 4.21. The molecule has 1 aromatic carbocycles. The number of carbonyl (C=O) groups is 1. The average molecular weight is 293 g/mol. The van der Waals surface area contributed by atoms with Crippen LogP contribution in [0.3, 0.4) is 0 Å². The average Bonchev–Trinajstić information content (AvgIpc) is 2.44. The van der Waals surface area contributed by atoms with Gasteiger partial charge in [-0.3, -0.25) is 4.79 Å². The summed E-state index contributed by atoms with van der Waals surface area (Å²) in [4.78, 5) is 11.7. The molecule has 5 heteroatoms. The van der Waals surface area contributed by atoms with E-state index in [2.05, 4.69) is 0 Å². The molecule has 0 saturated heterocycles. The lowest BCUT2D eigenvalue weighted by Gasteiger charge is -2.34. The van der Waals surface area contributed by atoms with Gasteiger partial charge in [0.2, 0.25) is 0 Å². The van der Waals surface area contributed by atoms with Gasteiger partial charge in [-0.1, -0.05) is 0 Å². The molecule has 0 amide bonds. The second-order valence-electron chi connectivity index (χ2n) is 5.82. The Balaban J connectivity index is 2.37. The Bertz CT molecular complexity index is 580. The number of carbonyl (C=O) groups excluding carboxylic acids is 1. The van der Waals surface area contributed by atoms with E-state index in [1.54, 1.807) is 6.92 Å². The molecule has 0 saturated carbocycles. The van der Waals surface area contributed by atoms with Crippen LogP contribution in [0.25, 0.3) is 0 Å². The molecule has 21 heavy (non-hydrogen) atoms. The predicted molar refractivity (Wildman–Crippen MR) is 79.6 cm³/mol. The molecule has 3 N–H and O–H groups in total. The molecule has 0 bridgehead atoms. The molecule has 0 radical (unpaired) electrons. The van der Waals surface area contributed by atoms with Gasteiger partial charge in [0.05, 0.1) is 0 Å². The van der Waals surface area contributed by atoms with E-state index in [-0.39, 0.29) is 11.9 Å². The van der Waals surface area contributed by atoms with Crippen LogP contribution in [-0.2, 0) is 16.0 Å². The number of hydrogen-bond donors (Lipinski definition) is 2. The number of rotatable bonds is 2. The summed E-state index contributed by atoms with van der Waals surface area (Å²) in [6, 6.07) is -0.659. The normalized spacial score (nSPS) is 22.2. The molecule has 0 spiro atoms. The lowest BCUT2D eigenvalue weighted by Crippen LogP contribution is -2.42. The summed E-state index contributed by atoms with van der Waals surface area (Å²) in [6.07, 6.45) is -0.117. The van der Waals surface area contributed by atoms with Gasteiger partial charge in [0.25, 0.3) is 0 Å². The number of benzene rings is 1. The van der Waals surface area contributed by atoms with Crippen molar-refractivity contribution in [3.05, 3.63) is 22.3 Å². The van der Waals surface area contributed by atoms with Crippen LogP contribution in [0.2, 0.25) is 0 Å². The van der Waals surface area contributed by atoms with Crippen molar-refractivity contribution in [2.75, 3.05) is 0 Å². The highest BCUT2D eigenvalue weighted by Gasteiger charge is 2.33. The minimum atomic E-state index is -0.659. The first-order valence-electron chi connectivity index (χ1n) is 7.18.